The molecule has 0 saturated carbocycles. The molecule has 0 rings (SSSR count). The Labute approximate surface area is 108 Å². The van der Waals surface area contributed by atoms with Gasteiger partial charge in [-0.1, -0.05) is 0 Å². The van der Waals surface area contributed by atoms with Crippen molar-refractivity contribution in [3.8, 4) is 0 Å². The van der Waals surface area contributed by atoms with Crippen LogP contribution in [0.4, 0.5) is 0 Å². The average molecular weight is 295 g/mol. The largest absolute Gasteiger partial charge is 0.550 e. The molecule has 0 spiro atoms. The molecule has 0 aliphatic carbocycles. The van der Waals surface area contributed by atoms with Crippen LogP contribution >= 0.6 is 0 Å². The second kappa shape index (κ2) is 23.9. The Morgan fingerprint density at radius 1 is 0.529 bits per heavy atom. The molecule has 9 heteroatoms. The van der Waals surface area contributed by atoms with Crippen LogP contribution < -0.4 is 20.4 Å². The minimum Gasteiger partial charge on any atom is -0.550 e. The van der Waals surface area contributed by atoms with Gasteiger partial charge in [-0.05, 0) is 27.7 Å². The van der Waals surface area contributed by atoms with Gasteiger partial charge in [-0.15, -0.1) is 0 Å². The van der Waals surface area contributed by atoms with E-state index in [2.05, 4.69) is 0 Å². The van der Waals surface area contributed by atoms with E-state index in [1.807, 2.05) is 0 Å². The zero-order valence-electron chi connectivity index (χ0n) is 9.60. The van der Waals surface area contributed by atoms with Crippen molar-refractivity contribution in [1.82, 2.24) is 0 Å². The van der Waals surface area contributed by atoms with Crippen LogP contribution in [0.25, 0.3) is 0 Å². The second-order valence-electron chi connectivity index (χ2n) is 1.97. The number of carbonyl (C=O) groups is 4. The molecule has 1 radical (unpaired) electrons. The van der Waals surface area contributed by atoms with Crippen LogP contribution in [0.3, 0.4) is 0 Å². The van der Waals surface area contributed by atoms with Crippen molar-refractivity contribution >= 4 is 23.9 Å². The molecule has 8 nitrogen and oxygen atoms in total. The Bertz CT molecular complexity index is 162. The summed E-state index contributed by atoms with van der Waals surface area (Å²) in [5, 5.41) is 35.6. The van der Waals surface area contributed by atoms with Crippen molar-refractivity contribution in [2.75, 3.05) is 0 Å². The number of carboxylic acid groups (broad SMARTS) is 4. The summed E-state index contributed by atoms with van der Waals surface area (Å²) in [4.78, 5) is 35.6. The van der Waals surface area contributed by atoms with Gasteiger partial charge in [0.2, 0.25) is 0 Å². The summed E-state index contributed by atoms with van der Waals surface area (Å²) in [6.07, 6.45) is 0. The van der Waals surface area contributed by atoms with Crippen LogP contribution in [-0.2, 0) is 36.0 Å². The van der Waals surface area contributed by atoms with Gasteiger partial charge in [-0.3, -0.25) is 0 Å². The molecule has 0 heterocycles. The monoisotopic (exact) mass is 295 g/mol. The third kappa shape index (κ3) is 848. The maximum atomic E-state index is 8.89. The third-order valence-corrected chi connectivity index (χ3v) is 0. The predicted molar refractivity (Wildman–Crippen MR) is 42.7 cm³/mol. The fourth-order valence-electron chi connectivity index (χ4n) is 0. The maximum Gasteiger partial charge on any atom is 0.0383 e. The first-order chi connectivity index (χ1) is 6.93. The van der Waals surface area contributed by atoms with Gasteiger partial charge in [-0.2, -0.15) is 0 Å². The fourth-order valence-corrected chi connectivity index (χ4v) is 0. The van der Waals surface area contributed by atoms with Gasteiger partial charge < -0.3 is 39.6 Å². The number of rotatable bonds is 0. The molecular formula is C8H12CoO8-4. The van der Waals surface area contributed by atoms with Gasteiger partial charge in [0.1, 0.15) is 0 Å². The normalized spacial score (nSPS) is 5.88. The van der Waals surface area contributed by atoms with Crippen molar-refractivity contribution in [3.63, 3.8) is 0 Å². The van der Waals surface area contributed by atoms with Crippen molar-refractivity contribution in [2.45, 2.75) is 27.7 Å². The first-order valence-electron chi connectivity index (χ1n) is 3.63. The molecule has 0 aromatic rings. The topological polar surface area (TPSA) is 161 Å². The van der Waals surface area contributed by atoms with Crippen molar-refractivity contribution in [2.24, 2.45) is 0 Å². The van der Waals surface area contributed by atoms with Gasteiger partial charge >= 0.3 is 0 Å². The number of aliphatic carboxylic acids is 4. The number of carbonyl (C=O) groups excluding carboxylic acids is 4. The molecule has 0 amide bonds. The summed E-state index contributed by atoms with van der Waals surface area (Å²) in [5.74, 6) is -4.33. The molecule has 0 bridgehead atoms. The molecule has 0 aromatic carbocycles. The third-order valence-electron chi connectivity index (χ3n) is 0. The molecular weight excluding hydrogens is 283 g/mol. The quantitative estimate of drug-likeness (QED) is 0.429. The van der Waals surface area contributed by atoms with E-state index in [0.717, 1.165) is 27.7 Å². The standard InChI is InChI=1S/4C2H4O2.Co/c4*1-2(3)4;/h4*1H3,(H,3,4);/p-4. The Balaban J connectivity index is -0.0000000369. The average Bonchev–Trinajstić information content (AvgIpc) is 1.76. The zero-order valence-corrected chi connectivity index (χ0v) is 10.6. The van der Waals surface area contributed by atoms with Crippen LogP contribution in [0.1, 0.15) is 27.7 Å². The van der Waals surface area contributed by atoms with Gasteiger partial charge in [0.05, 0.1) is 0 Å². The second-order valence-corrected chi connectivity index (χ2v) is 1.97. The van der Waals surface area contributed by atoms with Crippen LogP contribution in [0.2, 0.25) is 0 Å². The maximum absolute atomic E-state index is 8.89. The number of hydrogen-bond acceptors (Lipinski definition) is 8. The molecule has 0 aliphatic rings. The van der Waals surface area contributed by atoms with E-state index in [0.29, 0.717) is 0 Å². The van der Waals surface area contributed by atoms with Crippen molar-refractivity contribution < 1.29 is 56.4 Å². The Hall–Kier alpha value is -1.61. The number of carboxylic acids is 4. The Morgan fingerprint density at radius 2 is 0.529 bits per heavy atom. The van der Waals surface area contributed by atoms with Crippen LogP contribution in [0.5, 0.6) is 0 Å². The molecule has 0 aromatic heterocycles. The van der Waals surface area contributed by atoms with Gasteiger partial charge in [0, 0.05) is 40.7 Å². The minimum atomic E-state index is -1.08. The summed E-state index contributed by atoms with van der Waals surface area (Å²) in [6, 6.07) is 0. The molecule has 105 valence electrons. The zero-order chi connectivity index (χ0) is 14.3. The summed E-state index contributed by atoms with van der Waals surface area (Å²) >= 11 is 0. The van der Waals surface area contributed by atoms with Crippen molar-refractivity contribution in [1.29, 1.82) is 0 Å². The van der Waals surface area contributed by atoms with E-state index in [1.54, 1.807) is 0 Å². The summed E-state index contributed by atoms with van der Waals surface area (Å²) in [5.41, 5.74) is 0. The summed E-state index contributed by atoms with van der Waals surface area (Å²) < 4.78 is 0. The Kier molecular flexibility index (Phi) is 41.5. The van der Waals surface area contributed by atoms with Crippen LogP contribution in [0.15, 0.2) is 0 Å². The number of hydrogen-bond donors (Lipinski definition) is 0. The molecule has 0 N–H and O–H groups in total. The van der Waals surface area contributed by atoms with E-state index < -0.39 is 23.9 Å². The predicted octanol–water partition coefficient (Wildman–Crippen LogP) is -4.98. The van der Waals surface area contributed by atoms with Gasteiger partial charge in [-0.25, -0.2) is 0 Å². The Morgan fingerprint density at radius 3 is 0.529 bits per heavy atom. The van der Waals surface area contributed by atoms with Gasteiger partial charge in [0.25, 0.3) is 0 Å². The molecule has 17 heavy (non-hydrogen) atoms. The van der Waals surface area contributed by atoms with Crippen LogP contribution in [-0.4, -0.2) is 23.9 Å². The molecule has 0 saturated heterocycles. The summed E-state index contributed by atoms with van der Waals surface area (Å²) in [7, 11) is 0. The molecule has 0 aliphatic heterocycles. The molecule has 0 unspecified atom stereocenters. The smallest absolute Gasteiger partial charge is 0.0383 e. The van der Waals surface area contributed by atoms with E-state index in [4.69, 9.17) is 39.6 Å². The first kappa shape index (κ1) is 29.5. The van der Waals surface area contributed by atoms with Crippen LogP contribution in [0, 0.1) is 0 Å². The van der Waals surface area contributed by atoms with Gasteiger partial charge in [0.15, 0.2) is 0 Å². The fraction of sp³-hybridized carbons (Fsp3) is 0.500. The molecule has 0 fully saturated rings. The SMILES string of the molecule is CC(=O)[O-].CC(=O)[O-].CC(=O)[O-].CC(=O)[O-].[Co]. The van der Waals surface area contributed by atoms with E-state index >= 15 is 0 Å². The molecule has 0 atom stereocenters. The van der Waals surface area contributed by atoms with E-state index in [-0.39, 0.29) is 16.8 Å². The first-order valence-corrected chi connectivity index (χ1v) is 3.63. The minimum absolute atomic E-state index is 0. The van der Waals surface area contributed by atoms with E-state index in [1.165, 1.54) is 0 Å². The summed E-state index contributed by atoms with van der Waals surface area (Å²) in [6.45, 7) is 3.89. The van der Waals surface area contributed by atoms with E-state index in [9.17, 15) is 0 Å². The van der Waals surface area contributed by atoms with Crippen molar-refractivity contribution in [3.05, 3.63) is 0 Å².